The summed E-state index contributed by atoms with van der Waals surface area (Å²) in [5, 5.41) is 22.0. The van der Waals surface area contributed by atoms with Gasteiger partial charge >= 0.3 is 5.97 Å². The van der Waals surface area contributed by atoms with E-state index in [-0.39, 0.29) is 35.1 Å². The summed E-state index contributed by atoms with van der Waals surface area (Å²) >= 11 is 0. The topological polar surface area (TPSA) is 76.0 Å². The van der Waals surface area contributed by atoms with E-state index in [0.717, 1.165) is 44.9 Å². The van der Waals surface area contributed by atoms with Gasteiger partial charge < -0.3 is 19.7 Å². The quantitative estimate of drug-likeness (QED) is 0.386. The van der Waals surface area contributed by atoms with Crippen molar-refractivity contribution in [3.8, 4) is 0 Å². The Bertz CT molecular complexity index is 780. The number of ether oxygens (including phenoxy) is 2. The summed E-state index contributed by atoms with van der Waals surface area (Å²) < 4.78 is 12.1. The molecule has 11 atom stereocenters. The van der Waals surface area contributed by atoms with E-state index in [1.807, 2.05) is 12.2 Å². The Hall–Kier alpha value is -0.910. The molecule has 0 aromatic heterocycles. The summed E-state index contributed by atoms with van der Waals surface area (Å²) in [6.07, 6.45) is 12.9. The summed E-state index contributed by atoms with van der Waals surface area (Å²) in [6.45, 7) is 8.36. The summed E-state index contributed by atoms with van der Waals surface area (Å²) in [5.41, 5.74) is 0.240. The van der Waals surface area contributed by atoms with Crippen molar-refractivity contribution in [2.45, 2.75) is 103 Å². The van der Waals surface area contributed by atoms with E-state index in [4.69, 9.17) is 9.47 Å². The van der Waals surface area contributed by atoms with Gasteiger partial charge in [-0.25, -0.2) is 0 Å². The molecule has 0 saturated heterocycles. The third-order valence-electron chi connectivity index (χ3n) is 11.4. The summed E-state index contributed by atoms with van der Waals surface area (Å²) in [6, 6.07) is 0. The van der Waals surface area contributed by atoms with Crippen molar-refractivity contribution in [3.63, 3.8) is 0 Å². The summed E-state index contributed by atoms with van der Waals surface area (Å²) in [5.74, 6) is 2.63. The molecule has 1 aliphatic heterocycles. The van der Waals surface area contributed by atoms with Crippen LogP contribution in [-0.4, -0.2) is 47.7 Å². The van der Waals surface area contributed by atoms with Crippen molar-refractivity contribution < 1.29 is 24.5 Å². The largest absolute Gasteiger partial charge is 0.465 e. The van der Waals surface area contributed by atoms with Crippen LogP contribution in [-0.2, 0) is 14.3 Å². The standard InChI is InChI=1S/C29H46O5/c1-18-7-6-14-34-26(32)8-4-5-13-33-25-17-23-27(22-10-9-21(18)29(22,25)3)24(31)16-19-15-20(30)11-12-28(19,23)2/h4-5,18-25,27,30-31H,6-17H2,1-3H3/b5-4+/t18-,19+,20-,21-,22+,23+,24-,25+,27+,28+,29-/m1/s1. The predicted octanol–water partition coefficient (Wildman–Crippen LogP) is 4.89. The van der Waals surface area contributed by atoms with Gasteiger partial charge in [0, 0.05) is 5.41 Å². The van der Waals surface area contributed by atoms with E-state index in [9.17, 15) is 15.0 Å². The molecule has 0 aromatic rings. The van der Waals surface area contributed by atoms with E-state index in [1.54, 1.807) is 0 Å². The average Bonchev–Trinajstić information content (AvgIpc) is 3.15. The van der Waals surface area contributed by atoms with Crippen LogP contribution < -0.4 is 0 Å². The Balaban J connectivity index is 1.48. The van der Waals surface area contributed by atoms with E-state index < -0.39 is 0 Å². The highest BCUT2D eigenvalue weighted by molar-refractivity contribution is 5.71. The number of rotatable bonds is 0. The molecule has 192 valence electrons. The van der Waals surface area contributed by atoms with Crippen LogP contribution in [0.15, 0.2) is 12.2 Å². The molecule has 1 heterocycles. The van der Waals surface area contributed by atoms with Crippen molar-refractivity contribution in [1.29, 1.82) is 0 Å². The molecule has 0 bridgehead atoms. The highest BCUT2D eigenvalue weighted by atomic mass is 16.5. The van der Waals surface area contributed by atoms with Crippen molar-refractivity contribution in [1.82, 2.24) is 0 Å². The van der Waals surface area contributed by atoms with E-state index in [2.05, 4.69) is 20.8 Å². The van der Waals surface area contributed by atoms with E-state index in [1.165, 1.54) is 12.8 Å². The molecule has 34 heavy (non-hydrogen) atoms. The third kappa shape index (κ3) is 4.08. The minimum Gasteiger partial charge on any atom is -0.465 e. The van der Waals surface area contributed by atoms with Gasteiger partial charge in [0.05, 0.1) is 37.9 Å². The van der Waals surface area contributed by atoms with Crippen LogP contribution in [0.4, 0.5) is 0 Å². The van der Waals surface area contributed by atoms with Gasteiger partial charge in [0.25, 0.3) is 0 Å². The van der Waals surface area contributed by atoms with Gasteiger partial charge in [0.1, 0.15) is 0 Å². The smallest absolute Gasteiger partial charge is 0.309 e. The van der Waals surface area contributed by atoms with Gasteiger partial charge in [0.2, 0.25) is 0 Å². The first-order valence-electron chi connectivity index (χ1n) is 14.0. The fourth-order valence-electron chi connectivity index (χ4n) is 9.62. The zero-order valence-electron chi connectivity index (χ0n) is 21.5. The van der Waals surface area contributed by atoms with Crippen LogP contribution in [0, 0.1) is 46.3 Å². The van der Waals surface area contributed by atoms with E-state index >= 15 is 0 Å². The van der Waals surface area contributed by atoms with Gasteiger partial charge in [-0.15, -0.1) is 0 Å². The maximum absolute atomic E-state index is 12.0. The number of fused-ring (bicyclic) bond motifs is 4. The third-order valence-corrected chi connectivity index (χ3v) is 11.4. The molecule has 4 aliphatic carbocycles. The monoisotopic (exact) mass is 474 g/mol. The molecule has 4 fully saturated rings. The average molecular weight is 475 g/mol. The van der Waals surface area contributed by atoms with Gasteiger partial charge in [0.15, 0.2) is 0 Å². The second kappa shape index (κ2) is 9.52. The minimum atomic E-state index is -0.266. The molecular weight excluding hydrogens is 428 g/mol. The van der Waals surface area contributed by atoms with Crippen molar-refractivity contribution in [3.05, 3.63) is 12.2 Å². The Kier molecular flexibility index (Phi) is 6.93. The highest BCUT2D eigenvalue weighted by Gasteiger charge is 2.66. The molecule has 5 rings (SSSR count). The van der Waals surface area contributed by atoms with Gasteiger partial charge in [-0.1, -0.05) is 32.9 Å². The molecule has 0 radical (unpaired) electrons. The number of aliphatic hydroxyl groups excluding tert-OH is 2. The van der Waals surface area contributed by atoms with Crippen LogP contribution >= 0.6 is 0 Å². The zero-order valence-corrected chi connectivity index (χ0v) is 21.5. The van der Waals surface area contributed by atoms with Crippen molar-refractivity contribution in [2.24, 2.45) is 46.3 Å². The molecule has 0 spiro atoms. The molecule has 5 nitrogen and oxygen atoms in total. The predicted molar refractivity (Wildman–Crippen MR) is 131 cm³/mol. The highest BCUT2D eigenvalue weighted by Crippen LogP contribution is 2.68. The first-order chi connectivity index (χ1) is 16.2. The number of cyclic esters (lactones) is 1. The van der Waals surface area contributed by atoms with Crippen molar-refractivity contribution >= 4 is 5.97 Å². The number of esters is 1. The van der Waals surface area contributed by atoms with E-state index in [0.29, 0.717) is 55.1 Å². The van der Waals surface area contributed by atoms with Crippen molar-refractivity contribution in [2.75, 3.05) is 13.2 Å². The number of carbonyl (C=O) groups is 1. The number of carbonyl (C=O) groups excluding carboxylic acids is 1. The molecule has 0 aromatic carbocycles. The van der Waals surface area contributed by atoms with Crippen LogP contribution in [0.2, 0.25) is 0 Å². The molecule has 5 heteroatoms. The number of hydrogen-bond acceptors (Lipinski definition) is 5. The van der Waals surface area contributed by atoms with Crippen LogP contribution in [0.1, 0.15) is 85.0 Å². The Morgan fingerprint density at radius 2 is 1.76 bits per heavy atom. The minimum absolute atomic E-state index is 0.0631. The number of aliphatic hydroxyl groups is 2. The van der Waals surface area contributed by atoms with Gasteiger partial charge in [-0.05, 0) is 98.7 Å². The second-order valence-electron chi connectivity index (χ2n) is 12.8. The fraction of sp³-hybridized carbons (Fsp3) is 0.897. The SMILES string of the molecule is C[C@@H]1CCCOC(=O)C/C=C/CO[C@H]2C[C@H]3[C@@H]([C@H](O)C[C@@H]4C[C@H](O)CC[C@@]43C)[C@@H]3CC[C@H]1[C@@]23C. The first kappa shape index (κ1) is 24.8. The summed E-state index contributed by atoms with van der Waals surface area (Å²) in [7, 11) is 0. The Morgan fingerprint density at radius 3 is 2.59 bits per heavy atom. The fourth-order valence-corrected chi connectivity index (χ4v) is 9.62. The second-order valence-corrected chi connectivity index (χ2v) is 12.8. The maximum Gasteiger partial charge on any atom is 0.309 e. The van der Waals surface area contributed by atoms with Crippen LogP contribution in [0.25, 0.3) is 0 Å². The molecule has 0 unspecified atom stereocenters. The molecular formula is C29H46O5. The van der Waals surface area contributed by atoms with Gasteiger partial charge in [-0.3, -0.25) is 4.79 Å². The lowest BCUT2D eigenvalue weighted by Crippen LogP contribution is -2.62. The van der Waals surface area contributed by atoms with Crippen LogP contribution in [0.3, 0.4) is 0 Å². The number of hydrogen-bond donors (Lipinski definition) is 2. The lowest BCUT2D eigenvalue weighted by molar-refractivity contribution is -0.215. The lowest BCUT2D eigenvalue weighted by atomic mass is 9.43. The molecule has 0 amide bonds. The maximum atomic E-state index is 12.0. The first-order valence-corrected chi connectivity index (χ1v) is 14.0. The van der Waals surface area contributed by atoms with Gasteiger partial charge in [-0.2, -0.15) is 0 Å². The zero-order chi connectivity index (χ0) is 24.1. The Morgan fingerprint density at radius 1 is 0.971 bits per heavy atom. The molecule has 2 N–H and O–H groups in total. The summed E-state index contributed by atoms with van der Waals surface area (Å²) in [4.78, 5) is 12.0. The molecule has 4 saturated carbocycles. The Labute approximate surface area is 205 Å². The lowest BCUT2D eigenvalue weighted by Gasteiger charge is -2.64. The van der Waals surface area contributed by atoms with Crippen LogP contribution in [0.5, 0.6) is 0 Å². The molecule has 5 aliphatic rings. The normalized spacial score (nSPS) is 53.0.